The average molecular weight is 372 g/mol. The molecule has 134 valence electrons. The van der Waals surface area contributed by atoms with Gasteiger partial charge >= 0.3 is 0 Å². The van der Waals surface area contributed by atoms with Crippen LogP contribution in [0.1, 0.15) is 31.1 Å². The second-order valence-electron chi connectivity index (χ2n) is 6.50. The van der Waals surface area contributed by atoms with Gasteiger partial charge in [-0.15, -0.1) is 11.3 Å². The quantitative estimate of drug-likeness (QED) is 0.866. The molecule has 0 unspecified atom stereocenters. The molecule has 1 N–H and O–H groups in total. The lowest BCUT2D eigenvalue weighted by Crippen LogP contribution is -2.52. The molecule has 0 bridgehead atoms. The highest BCUT2D eigenvalue weighted by atomic mass is 32.2. The number of piperazine rings is 1. The summed E-state index contributed by atoms with van der Waals surface area (Å²) in [5.41, 5.74) is 0. The van der Waals surface area contributed by atoms with Crippen LogP contribution in [-0.2, 0) is 21.2 Å². The molecule has 24 heavy (non-hydrogen) atoms. The van der Waals surface area contributed by atoms with Gasteiger partial charge in [-0.3, -0.25) is 4.79 Å². The predicted molar refractivity (Wildman–Crippen MR) is 94.7 cm³/mol. The summed E-state index contributed by atoms with van der Waals surface area (Å²) in [6, 6.07) is 3.62. The zero-order valence-corrected chi connectivity index (χ0v) is 15.7. The predicted octanol–water partition coefficient (Wildman–Crippen LogP) is 1.29. The maximum absolute atomic E-state index is 12.7. The highest BCUT2D eigenvalue weighted by Gasteiger charge is 2.28. The van der Waals surface area contributed by atoms with Gasteiger partial charge in [-0.25, -0.2) is 8.42 Å². The first-order valence-corrected chi connectivity index (χ1v) is 10.8. The maximum Gasteiger partial charge on any atom is 0.252 e. The first-order valence-electron chi connectivity index (χ1n) is 8.57. The van der Waals surface area contributed by atoms with E-state index in [4.69, 9.17) is 0 Å². The lowest BCUT2D eigenvalue weighted by molar-refractivity contribution is -0.133. The number of amides is 1. The Balaban J connectivity index is 1.67. The van der Waals surface area contributed by atoms with E-state index in [2.05, 4.69) is 5.32 Å². The smallest absolute Gasteiger partial charge is 0.252 e. The molecule has 0 aliphatic carbocycles. The van der Waals surface area contributed by atoms with Gasteiger partial charge in [0.25, 0.3) is 10.0 Å². The number of rotatable bonds is 4. The minimum Gasteiger partial charge on any atom is -0.337 e. The van der Waals surface area contributed by atoms with Crippen LogP contribution in [0, 0.1) is 0 Å². The largest absolute Gasteiger partial charge is 0.337 e. The van der Waals surface area contributed by atoms with E-state index in [-0.39, 0.29) is 18.4 Å². The van der Waals surface area contributed by atoms with E-state index in [1.54, 1.807) is 16.4 Å². The molecule has 8 heteroatoms. The van der Waals surface area contributed by atoms with Crippen LogP contribution in [0.2, 0.25) is 0 Å². The minimum absolute atomic E-state index is 0.0766. The minimum atomic E-state index is -3.40. The molecule has 0 aromatic carbocycles. The Morgan fingerprint density at radius 1 is 1.25 bits per heavy atom. The molecule has 1 aromatic heterocycles. The monoisotopic (exact) mass is 371 g/mol. The number of nitrogens with zero attached hydrogens (tertiary/aromatic N) is 2. The van der Waals surface area contributed by atoms with E-state index in [1.807, 2.05) is 11.8 Å². The zero-order chi connectivity index (χ0) is 17.2. The van der Waals surface area contributed by atoms with Gasteiger partial charge in [0.2, 0.25) is 5.91 Å². The van der Waals surface area contributed by atoms with Crippen LogP contribution in [0.4, 0.5) is 0 Å². The van der Waals surface area contributed by atoms with Crippen LogP contribution in [0.3, 0.4) is 0 Å². The van der Waals surface area contributed by atoms with Gasteiger partial charge in [-0.2, -0.15) is 4.31 Å². The van der Waals surface area contributed by atoms with Crippen molar-refractivity contribution >= 4 is 27.3 Å². The van der Waals surface area contributed by atoms with Crippen molar-refractivity contribution in [1.82, 2.24) is 14.5 Å². The highest BCUT2D eigenvalue weighted by molar-refractivity contribution is 7.91. The van der Waals surface area contributed by atoms with Crippen molar-refractivity contribution in [2.45, 2.75) is 42.9 Å². The van der Waals surface area contributed by atoms with Crippen LogP contribution < -0.4 is 5.32 Å². The van der Waals surface area contributed by atoms with E-state index < -0.39 is 10.0 Å². The summed E-state index contributed by atoms with van der Waals surface area (Å²) in [4.78, 5) is 15.2. The molecular formula is C16H25N3O3S2. The van der Waals surface area contributed by atoms with Gasteiger partial charge < -0.3 is 10.2 Å². The third kappa shape index (κ3) is 3.82. The normalized spacial score (nSPS) is 23.4. The lowest BCUT2D eigenvalue weighted by Gasteiger charge is -2.34. The first kappa shape index (κ1) is 17.8. The zero-order valence-electron chi connectivity index (χ0n) is 14.0. The Labute approximate surface area is 147 Å². The summed E-state index contributed by atoms with van der Waals surface area (Å²) in [7, 11) is -3.40. The van der Waals surface area contributed by atoms with Gasteiger partial charge in [-0.1, -0.05) is 6.42 Å². The fourth-order valence-corrected chi connectivity index (χ4v) is 6.30. The fraction of sp³-hybridized carbons (Fsp3) is 0.688. The summed E-state index contributed by atoms with van der Waals surface area (Å²) >= 11 is 1.23. The van der Waals surface area contributed by atoms with Gasteiger partial charge in [0.1, 0.15) is 4.21 Å². The van der Waals surface area contributed by atoms with Crippen molar-refractivity contribution in [2.24, 2.45) is 0 Å². The number of nitrogens with one attached hydrogen (secondary N) is 1. The van der Waals surface area contributed by atoms with Crippen LogP contribution in [0.5, 0.6) is 0 Å². The van der Waals surface area contributed by atoms with Gasteiger partial charge in [0, 0.05) is 43.6 Å². The molecule has 0 saturated carbocycles. The van der Waals surface area contributed by atoms with Crippen LogP contribution in [0.25, 0.3) is 0 Å². The summed E-state index contributed by atoms with van der Waals surface area (Å²) in [6.07, 6.45) is 3.23. The van der Waals surface area contributed by atoms with Gasteiger partial charge in [-0.05, 0) is 31.9 Å². The van der Waals surface area contributed by atoms with Gasteiger partial charge in [0.05, 0.1) is 6.42 Å². The van der Waals surface area contributed by atoms with Crippen molar-refractivity contribution < 1.29 is 13.2 Å². The number of sulfonamides is 1. The number of hydrogen-bond acceptors (Lipinski definition) is 5. The Kier molecular flexibility index (Phi) is 5.59. The molecule has 2 saturated heterocycles. The highest BCUT2D eigenvalue weighted by Crippen LogP contribution is 2.27. The SMILES string of the molecule is C[C@@H]1CNCCN1C(=O)Cc1ccc(S(=O)(=O)N2CCCCC2)s1. The van der Waals surface area contributed by atoms with E-state index in [0.717, 1.165) is 37.2 Å². The maximum atomic E-state index is 12.7. The number of hydrogen-bond donors (Lipinski definition) is 1. The molecular weight excluding hydrogens is 346 g/mol. The van der Waals surface area contributed by atoms with Crippen molar-refractivity contribution in [3.63, 3.8) is 0 Å². The first-order chi connectivity index (χ1) is 11.5. The molecule has 3 heterocycles. The van der Waals surface area contributed by atoms with Crippen molar-refractivity contribution in [3.8, 4) is 0 Å². The Morgan fingerprint density at radius 3 is 2.71 bits per heavy atom. The van der Waals surface area contributed by atoms with Crippen LogP contribution >= 0.6 is 11.3 Å². The molecule has 3 rings (SSSR count). The summed E-state index contributed by atoms with van der Waals surface area (Å²) in [5.74, 6) is 0.0766. The molecule has 1 atom stereocenters. The van der Waals surface area contributed by atoms with Crippen molar-refractivity contribution in [1.29, 1.82) is 0 Å². The summed E-state index contributed by atoms with van der Waals surface area (Å²) in [5, 5.41) is 3.27. The third-order valence-corrected chi connectivity index (χ3v) is 8.14. The van der Waals surface area contributed by atoms with E-state index in [1.165, 1.54) is 11.3 Å². The molecule has 1 aromatic rings. The number of carbonyl (C=O) groups is 1. The third-order valence-electron chi connectivity index (χ3n) is 4.69. The van der Waals surface area contributed by atoms with Gasteiger partial charge in [0.15, 0.2) is 0 Å². The summed E-state index contributed by atoms with van der Waals surface area (Å²) in [6.45, 7) is 5.58. The molecule has 2 aliphatic rings. The van der Waals surface area contributed by atoms with E-state index >= 15 is 0 Å². The lowest BCUT2D eigenvalue weighted by atomic mass is 10.2. The van der Waals surface area contributed by atoms with Crippen LogP contribution in [0.15, 0.2) is 16.3 Å². The average Bonchev–Trinajstić information content (AvgIpc) is 3.05. The van der Waals surface area contributed by atoms with E-state index in [9.17, 15) is 13.2 Å². The molecule has 2 fully saturated rings. The van der Waals surface area contributed by atoms with Crippen molar-refractivity contribution in [2.75, 3.05) is 32.7 Å². The Morgan fingerprint density at radius 2 is 2.00 bits per heavy atom. The summed E-state index contributed by atoms with van der Waals surface area (Å²) < 4.78 is 27.3. The Bertz CT molecular complexity index is 680. The molecule has 1 amide bonds. The van der Waals surface area contributed by atoms with Crippen LogP contribution in [-0.4, -0.2) is 62.3 Å². The standard InChI is InChI=1S/C16H25N3O3S2/c1-13-12-17-7-10-19(13)15(20)11-14-5-6-16(23-14)24(21,22)18-8-3-2-4-9-18/h5-6,13,17H,2-4,7-12H2,1H3/t13-/m1/s1. The molecule has 6 nitrogen and oxygen atoms in total. The molecule has 2 aliphatic heterocycles. The fourth-order valence-electron chi connectivity index (χ4n) is 3.29. The number of carbonyl (C=O) groups excluding carboxylic acids is 1. The molecule has 0 radical (unpaired) electrons. The number of piperidine rings is 1. The second kappa shape index (κ2) is 7.51. The Hall–Kier alpha value is -0.960. The van der Waals surface area contributed by atoms with Crippen molar-refractivity contribution in [3.05, 3.63) is 17.0 Å². The molecule has 0 spiro atoms. The van der Waals surface area contributed by atoms with E-state index in [0.29, 0.717) is 23.8 Å². The number of thiophene rings is 1. The second-order valence-corrected chi connectivity index (χ2v) is 9.84. The topological polar surface area (TPSA) is 69.7 Å².